The molecule has 4 rings (SSSR count). The molecule has 4 aromatic carbocycles. The molecule has 0 amide bonds. The van der Waals surface area contributed by atoms with Crippen molar-refractivity contribution >= 4 is 33.5 Å². The van der Waals surface area contributed by atoms with E-state index in [1.54, 1.807) is 24.3 Å². The number of rotatable bonds is 2. The van der Waals surface area contributed by atoms with Crippen LogP contribution >= 0.6 is 0 Å². The summed E-state index contributed by atoms with van der Waals surface area (Å²) in [4.78, 5) is 21.6. The fourth-order valence-electron chi connectivity index (χ4n) is 2.82. The summed E-state index contributed by atoms with van der Waals surface area (Å²) < 4.78 is 0. The first-order valence-electron chi connectivity index (χ1n) is 8.00. The van der Waals surface area contributed by atoms with Crippen molar-refractivity contribution in [1.29, 1.82) is 0 Å². The predicted molar refractivity (Wildman–Crippen MR) is 102 cm³/mol. The van der Waals surface area contributed by atoms with Crippen LogP contribution in [0.1, 0.15) is 20.7 Å². The second kappa shape index (κ2) is 8.98. The van der Waals surface area contributed by atoms with E-state index in [-0.39, 0.29) is 16.8 Å². The van der Waals surface area contributed by atoms with Gasteiger partial charge in [0.1, 0.15) is 0 Å². The quantitative estimate of drug-likeness (QED) is 0.490. The van der Waals surface area contributed by atoms with Crippen molar-refractivity contribution in [3.8, 4) is 0 Å². The number of hydrogen-bond acceptors (Lipinski definition) is 2. The van der Waals surface area contributed by atoms with Crippen molar-refractivity contribution in [2.75, 3.05) is 0 Å². The van der Waals surface area contributed by atoms with E-state index in [1.807, 2.05) is 60.7 Å². The van der Waals surface area contributed by atoms with E-state index in [0.717, 1.165) is 21.5 Å². The van der Waals surface area contributed by atoms with E-state index in [2.05, 4.69) is 0 Å². The Labute approximate surface area is 166 Å². The summed E-state index contributed by atoms with van der Waals surface area (Å²) in [5.74, 6) is -1.76. The van der Waals surface area contributed by atoms with E-state index >= 15 is 0 Å². The molecule has 0 spiro atoms. The molecule has 0 aromatic heterocycles. The Morgan fingerprint density at radius 2 is 0.852 bits per heavy atom. The molecule has 4 aromatic rings. The molecule has 27 heavy (non-hydrogen) atoms. The summed E-state index contributed by atoms with van der Waals surface area (Å²) in [7, 11) is 0. The first kappa shape index (κ1) is 20.2. The van der Waals surface area contributed by atoms with Gasteiger partial charge in [-0.2, -0.15) is 0 Å². The normalized spacial score (nSPS) is 9.78. The number of fused-ring (bicyclic) bond motifs is 2. The molecule has 137 valence electrons. The van der Waals surface area contributed by atoms with Crippen molar-refractivity contribution in [1.82, 2.24) is 0 Å². The molecule has 0 fully saturated rings. The van der Waals surface area contributed by atoms with Crippen molar-refractivity contribution in [3.63, 3.8) is 0 Å². The van der Waals surface area contributed by atoms with Gasteiger partial charge in [0.2, 0.25) is 0 Å². The van der Waals surface area contributed by atoms with Gasteiger partial charge in [0.15, 0.2) is 0 Å². The van der Waals surface area contributed by atoms with Crippen molar-refractivity contribution in [2.24, 2.45) is 0 Å². The smallest absolute Gasteiger partial charge is 0.336 e. The molecule has 0 atom stereocenters. The van der Waals surface area contributed by atoms with Gasteiger partial charge in [0, 0.05) is 16.8 Å². The third kappa shape index (κ3) is 4.52. The average molecular weight is 403 g/mol. The van der Waals surface area contributed by atoms with Gasteiger partial charge in [-0.25, -0.2) is 9.59 Å². The van der Waals surface area contributed by atoms with Gasteiger partial charge in [0.05, 0.1) is 11.1 Å². The van der Waals surface area contributed by atoms with E-state index in [9.17, 15) is 9.59 Å². The van der Waals surface area contributed by atoms with E-state index in [1.165, 1.54) is 0 Å². The Bertz CT molecular complexity index is 1010. The van der Waals surface area contributed by atoms with Crippen LogP contribution in [0.25, 0.3) is 21.5 Å². The average Bonchev–Trinajstić information content (AvgIpc) is 2.67. The zero-order valence-corrected chi connectivity index (χ0v) is 15.2. The van der Waals surface area contributed by atoms with Gasteiger partial charge < -0.3 is 10.2 Å². The van der Waals surface area contributed by atoms with Gasteiger partial charge in [-0.15, -0.1) is 0 Å². The molecule has 0 aliphatic rings. The van der Waals surface area contributed by atoms with Crippen LogP contribution in [0.2, 0.25) is 0 Å². The minimum Gasteiger partial charge on any atom is -0.478 e. The second-order valence-electron chi connectivity index (χ2n) is 5.66. The number of hydrogen-bond donors (Lipinski definition) is 2. The largest absolute Gasteiger partial charge is 0.478 e. The van der Waals surface area contributed by atoms with Crippen LogP contribution in [0.3, 0.4) is 0 Å². The monoisotopic (exact) mass is 403 g/mol. The fourth-order valence-corrected chi connectivity index (χ4v) is 2.82. The third-order valence-corrected chi connectivity index (χ3v) is 4.04. The van der Waals surface area contributed by atoms with E-state index < -0.39 is 11.9 Å². The van der Waals surface area contributed by atoms with Crippen LogP contribution in [0, 0.1) is 0 Å². The van der Waals surface area contributed by atoms with E-state index in [0.29, 0.717) is 11.1 Å². The van der Waals surface area contributed by atoms with Crippen molar-refractivity contribution in [3.05, 3.63) is 96.1 Å². The van der Waals surface area contributed by atoms with Crippen molar-refractivity contribution < 1.29 is 36.6 Å². The maximum Gasteiger partial charge on any atom is 0.336 e. The van der Waals surface area contributed by atoms with E-state index in [4.69, 9.17) is 10.2 Å². The Balaban J connectivity index is 0.000000187. The fraction of sp³-hybridized carbons (Fsp3) is 0. The van der Waals surface area contributed by atoms with Crippen molar-refractivity contribution in [2.45, 2.75) is 0 Å². The first-order chi connectivity index (χ1) is 12.6. The Kier molecular flexibility index (Phi) is 6.71. The maximum absolute atomic E-state index is 10.8. The number of carboxylic acid groups (broad SMARTS) is 2. The number of carboxylic acids is 2. The molecule has 0 heterocycles. The standard InChI is InChI=1S/2C11H8O2.Co/c2*12-11(13)10-7-3-5-8-4-1-2-6-9(8)10;/h2*1-7H,(H,12,13);. The van der Waals surface area contributed by atoms with Crippen LogP contribution in [-0.2, 0) is 16.8 Å². The molecule has 0 aliphatic carbocycles. The van der Waals surface area contributed by atoms with Gasteiger partial charge in [0.25, 0.3) is 0 Å². The second-order valence-corrected chi connectivity index (χ2v) is 5.66. The van der Waals surface area contributed by atoms with Gasteiger partial charge in [-0.1, -0.05) is 72.8 Å². The minimum absolute atomic E-state index is 0. The Morgan fingerprint density at radius 3 is 1.22 bits per heavy atom. The summed E-state index contributed by atoms with van der Waals surface area (Å²) in [6.07, 6.45) is 0. The van der Waals surface area contributed by atoms with Crippen LogP contribution in [0.15, 0.2) is 84.9 Å². The van der Waals surface area contributed by atoms with Crippen LogP contribution in [0.5, 0.6) is 0 Å². The molecule has 0 saturated carbocycles. The topological polar surface area (TPSA) is 74.6 Å². The molecule has 2 N–H and O–H groups in total. The molecule has 5 heteroatoms. The Hall–Kier alpha value is -3.15. The maximum atomic E-state index is 10.8. The summed E-state index contributed by atoms with van der Waals surface area (Å²) in [5, 5.41) is 21.3. The number of benzene rings is 4. The molecule has 0 unspecified atom stereocenters. The minimum atomic E-state index is -0.878. The van der Waals surface area contributed by atoms with Gasteiger partial charge in [-0.05, 0) is 33.7 Å². The number of aromatic carboxylic acids is 2. The summed E-state index contributed by atoms with van der Waals surface area (Å²) in [6, 6.07) is 25.5. The molecule has 4 nitrogen and oxygen atoms in total. The number of carbonyl (C=O) groups is 2. The zero-order valence-electron chi connectivity index (χ0n) is 14.1. The molecule has 0 aliphatic heterocycles. The van der Waals surface area contributed by atoms with Crippen LogP contribution in [0.4, 0.5) is 0 Å². The van der Waals surface area contributed by atoms with Gasteiger partial charge in [-0.3, -0.25) is 0 Å². The predicted octanol–water partition coefficient (Wildman–Crippen LogP) is 5.07. The van der Waals surface area contributed by atoms with Gasteiger partial charge >= 0.3 is 11.9 Å². The molecule has 0 bridgehead atoms. The summed E-state index contributed by atoms with van der Waals surface area (Å²) >= 11 is 0. The molecule has 0 saturated heterocycles. The van der Waals surface area contributed by atoms with Crippen LogP contribution < -0.4 is 0 Å². The third-order valence-electron chi connectivity index (χ3n) is 4.04. The zero-order chi connectivity index (χ0) is 18.5. The SMILES string of the molecule is O=C(O)c1cccc2ccccc12.O=C(O)c1cccc2ccccc12.[Co]. The summed E-state index contributed by atoms with van der Waals surface area (Å²) in [5.41, 5.74) is 0.719. The van der Waals surface area contributed by atoms with Crippen LogP contribution in [-0.4, -0.2) is 22.2 Å². The first-order valence-corrected chi connectivity index (χ1v) is 8.00. The molecular formula is C22H16CoO4. The Morgan fingerprint density at radius 1 is 0.519 bits per heavy atom. The molecule has 1 radical (unpaired) electrons. The molecular weight excluding hydrogens is 387 g/mol. The summed E-state index contributed by atoms with van der Waals surface area (Å²) in [6.45, 7) is 0.